The number of aromatic amines is 1. The highest BCUT2D eigenvalue weighted by Gasteiger charge is 2.28. The molecule has 0 fully saturated rings. The van der Waals surface area contributed by atoms with Gasteiger partial charge in [-0.2, -0.15) is 9.61 Å². The van der Waals surface area contributed by atoms with E-state index in [1.807, 2.05) is 30.5 Å². The lowest BCUT2D eigenvalue weighted by Crippen LogP contribution is -2.29. The van der Waals surface area contributed by atoms with Crippen LogP contribution in [0.5, 0.6) is 0 Å². The van der Waals surface area contributed by atoms with Gasteiger partial charge >= 0.3 is 0 Å². The Morgan fingerprint density at radius 1 is 1.11 bits per heavy atom. The number of H-pyrrole nitrogens is 1. The summed E-state index contributed by atoms with van der Waals surface area (Å²) in [5, 5.41) is 11.0. The van der Waals surface area contributed by atoms with Crippen molar-refractivity contribution in [3.63, 3.8) is 0 Å². The monoisotopic (exact) mass is 399 g/mol. The number of imidazole rings is 1. The first-order chi connectivity index (χ1) is 13.0. The van der Waals surface area contributed by atoms with Gasteiger partial charge in [0.15, 0.2) is 0 Å². The Labute approximate surface area is 170 Å². The molecule has 3 aromatic rings. The highest BCUT2D eigenvalue weighted by molar-refractivity contribution is 7.98. The molecule has 3 rings (SSSR count). The lowest BCUT2D eigenvalue weighted by Gasteiger charge is -2.25. The molecule has 0 bridgehead atoms. The minimum atomic E-state index is -0.184. The minimum Gasteiger partial charge on any atom is -0.364 e. The van der Waals surface area contributed by atoms with Gasteiger partial charge in [-0.15, -0.1) is 11.8 Å². The van der Waals surface area contributed by atoms with Gasteiger partial charge < -0.3 is 15.6 Å². The number of rotatable bonds is 4. The molecule has 0 atom stereocenters. The normalized spacial score (nSPS) is 12.4. The van der Waals surface area contributed by atoms with Crippen LogP contribution in [0.15, 0.2) is 35.4 Å². The second-order valence-electron chi connectivity index (χ2n) is 8.97. The number of benzene rings is 1. The molecule has 7 heteroatoms. The van der Waals surface area contributed by atoms with Crippen molar-refractivity contribution in [3.8, 4) is 0 Å². The third-order valence-corrected chi connectivity index (χ3v) is 5.04. The molecule has 0 unspecified atom stereocenters. The number of anilines is 2. The Hall–Kier alpha value is -2.41. The summed E-state index contributed by atoms with van der Waals surface area (Å²) < 4.78 is 1.79. The lowest BCUT2D eigenvalue weighted by molar-refractivity contribution is 0.102. The Morgan fingerprint density at radius 2 is 1.75 bits per heavy atom. The second-order valence-corrected chi connectivity index (χ2v) is 9.85. The summed E-state index contributed by atoms with van der Waals surface area (Å²) in [7, 11) is 0. The number of carbonyl (C=O) groups excluding carboxylic acids is 1. The number of aromatic nitrogens is 3. The van der Waals surface area contributed by atoms with Gasteiger partial charge in [0.05, 0.1) is 11.9 Å². The van der Waals surface area contributed by atoms with Gasteiger partial charge in [0, 0.05) is 21.5 Å². The molecule has 0 aliphatic carbocycles. The van der Waals surface area contributed by atoms with Crippen molar-refractivity contribution in [2.75, 3.05) is 16.9 Å². The minimum absolute atomic E-state index is 0.129. The maximum Gasteiger partial charge on any atom is 0.261 e. The molecule has 6 nitrogen and oxygen atoms in total. The Bertz CT molecular complexity index is 987. The molecule has 1 aromatic carbocycles. The van der Waals surface area contributed by atoms with Crippen molar-refractivity contribution in [3.05, 3.63) is 41.7 Å². The van der Waals surface area contributed by atoms with Gasteiger partial charge in [-0.3, -0.25) is 4.79 Å². The zero-order chi connectivity index (χ0) is 20.7. The molecule has 2 aromatic heterocycles. The van der Waals surface area contributed by atoms with Gasteiger partial charge in [-0.25, -0.2) is 0 Å². The van der Waals surface area contributed by atoms with Crippen molar-refractivity contribution in [2.45, 2.75) is 57.4 Å². The average Bonchev–Trinajstić information content (AvgIpc) is 3.14. The SMILES string of the molecule is CSc1ccc(NC(=O)c2cnn3c(NC(C)(C)C)c(C(C)(C)C)[nH]c23)cc1. The largest absolute Gasteiger partial charge is 0.364 e. The maximum absolute atomic E-state index is 12.9. The van der Waals surface area contributed by atoms with Gasteiger partial charge in [0.2, 0.25) is 0 Å². The predicted molar refractivity (Wildman–Crippen MR) is 118 cm³/mol. The van der Waals surface area contributed by atoms with Crippen LogP contribution in [0.3, 0.4) is 0 Å². The molecule has 28 heavy (non-hydrogen) atoms. The van der Waals surface area contributed by atoms with E-state index in [0.29, 0.717) is 11.2 Å². The summed E-state index contributed by atoms with van der Waals surface area (Å²) >= 11 is 1.67. The van der Waals surface area contributed by atoms with Crippen LogP contribution in [0.2, 0.25) is 0 Å². The molecule has 3 N–H and O–H groups in total. The summed E-state index contributed by atoms with van der Waals surface area (Å²) in [4.78, 5) is 17.5. The van der Waals surface area contributed by atoms with Gasteiger partial charge in [0.25, 0.3) is 5.91 Å². The lowest BCUT2D eigenvalue weighted by atomic mass is 9.91. The molecule has 1 amide bonds. The van der Waals surface area contributed by atoms with Crippen LogP contribution in [-0.2, 0) is 5.41 Å². The van der Waals surface area contributed by atoms with Crippen LogP contribution in [0, 0.1) is 0 Å². The van der Waals surface area contributed by atoms with E-state index in [9.17, 15) is 4.79 Å². The number of nitrogens with zero attached hydrogens (tertiary/aromatic N) is 2. The molecule has 0 aliphatic heterocycles. The van der Waals surface area contributed by atoms with Crippen molar-refractivity contribution >= 4 is 34.8 Å². The quantitative estimate of drug-likeness (QED) is 0.531. The molecule has 150 valence electrons. The summed E-state index contributed by atoms with van der Waals surface area (Å²) in [6, 6.07) is 7.80. The van der Waals surface area contributed by atoms with E-state index < -0.39 is 0 Å². The number of amides is 1. The van der Waals surface area contributed by atoms with Crippen molar-refractivity contribution in [2.24, 2.45) is 0 Å². The molecule has 0 spiro atoms. The number of hydrogen-bond acceptors (Lipinski definition) is 4. The Morgan fingerprint density at radius 3 is 2.29 bits per heavy atom. The van der Waals surface area contributed by atoms with Crippen molar-refractivity contribution < 1.29 is 4.79 Å². The van der Waals surface area contributed by atoms with Gasteiger partial charge in [-0.05, 0) is 51.3 Å². The van der Waals surface area contributed by atoms with Crippen LogP contribution in [0.1, 0.15) is 57.6 Å². The molecule has 2 heterocycles. The van der Waals surface area contributed by atoms with Crippen LogP contribution < -0.4 is 10.6 Å². The number of nitrogens with one attached hydrogen (secondary N) is 3. The predicted octanol–water partition coefficient (Wildman–Crippen LogP) is 5.14. The number of fused-ring (bicyclic) bond motifs is 1. The molecule has 0 radical (unpaired) electrons. The standard InChI is InChI=1S/C21H29N5OS/c1-20(2,3)16-18(25-21(4,5)6)26-17(24-16)15(12-22-26)19(27)23-13-8-10-14(28-7)11-9-13/h8-12,24-25H,1-7H3,(H,23,27). The fraction of sp³-hybridized carbons (Fsp3) is 0.429. The number of thioether (sulfide) groups is 1. The topological polar surface area (TPSA) is 74.2 Å². The molecular weight excluding hydrogens is 370 g/mol. The average molecular weight is 400 g/mol. The smallest absolute Gasteiger partial charge is 0.261 e. The molecular formula is C21H29N5OS. The first kappa shape index (κ1) is 20.3. The summed E-state index contributed by atoms with van der Waals surface area (Å²) in [5.74, 6) is 0.703. The highest BCUT2D eigenvalue weighted by atomic mass is 32.2. The van der Waals surface area contributed by atoms with Gasteiger partial charge in [-0.1, -0.05) is 20.8 Å². The maximum atomic E-state index is 12.9. The summed E-state index contributed by atoms with van der Waals surface area (Å²) in [6.45, 7) is 12.7. The van der Waals surface area contributed by atoms with Crippen LogP contribution in [0.4, 0.5) is 11.5 Å². The van der Waals surface area contributed by atoms with E-state index in [2.05, 4.69) is 62.3 Å². The Balaban J connectivity index is 1.99. The Kier molecular flexibility index (Phi) is 5.23. The summed E-state index contributed by atoms with van der Waals surface area (Å²) in [6.07, 6.45) is 3.64. The van der Waals surface area contributed by atoms with Crippen molar-refractivity contribution in [1.29, 1.82) is 0 Å². The third kappa shape index (κ3) is 4.19. The second kappa shape index (κ2) is 7.20. The molecule has 0 saturated heterocycles. The van der Waals surface area contributed by atoms with Crippen LogP contribution in [-0.4, -0.2) is 32.3 Å². The first-order valence-corrected chi connectivity index (χ1v) is 10.6. The third-order valence-electron chi connectivity index (χ3n) is 4.30. The van der Waals surface area contributed by atoms with E-state index in [0.717, 1.165) is 22.1 Å². The zero-order valence-corrected chi connectivity index (χ0v) is 18.4. The molecule has 0 saturated carbocycles. The van der Waals surface area contributed by atoms with Crippen molar-refractivity contribution in [1.82, 2.24) is 14.6 Å². The van der Waals surface area contributed by atoms with E-state index in [1.54, 1.807) is 22.5 Å². The number of carbonyl (C=O) groups is 1. The zero-order valence-electron chi connectivity index (χ0n) is 17.6. The van der Waals surface area contributed by atoms with E-state index in [-0.39, 0.29) is 16.9 Å². The van der Waals surface area contributed by atoms with E-state index >= 15 is 0 Å². The highest BCUT2D eigenvalue weighted by Crippen LogP contribution is 2.32. The van der Waals surface area contributed by atoms with E-state index in [1.165, 1.54) is 0 Å². The fourth-order valence-corrected chi connectivity index (χ4v) is 3.38. The number of hydrogen-bond donors (Lipinski definition) is 3. The molecule has 0 aliphatic rings. The first-order valence-electron chi connectivity index (χ1n) is 9.33. The van der Waals surface area contributed by atoms with Gasteiger partial charge in [0.1, 0.15) is 17.0 Å². The van der Waals surface area contributed by atoms with Crippen LogP contribution in [0.25, 0.3) is 5.65 Å². The van der Waals surface area contributed by atoms with E-state index in [4.69, 9.17) is 0 Å². The summed E-state index contributed by atoms with van der Waals surface area (Å²) in [5.41, 5.74) is 2.72. The fourth-order valence-electron chi connectivity index (χ4n) is 2.97. The van der Waals surface area contributed by atoms with Crippen LogP contribution >= 0.6 is 11.8 Å².